The minimum atomic E-state index is -0.143. The fourth-order valence-corrected chi connectivity index (χ4v) is 2.76. The molecule has 0 heterocycles. The SMILES string of the molecule is C/C=C\CC.CC.CC(=O)C1CCC(O)CC1.CCCc1ccc(C)cc1. The summed E-state index contributed by atoms with van der Waals surface area (Å²) in [4.78, 5) is 10.8. The third kappa shape index (κ3) is 16.5. The molecule has 0 unspecified atom stereocenters. The van der Waals surface area contributed by atoms with Crippen molar-refractivity contribution in [1.29, 1.82) is 0 Å². The first-order valence-electron chi connectivity index (χ1n) is 10.8. The van der Waals surface area contributed by atoms with Crippen LogP contribution in [0, 0.1) is 12.8 Å². The summed E-state index contributed by atoms with van der Waals surface area (Å²) in [5.74, 6) is 0.523. The van der Waals surface area contributed by atoms with Gasteiger partial charge in [-0.2, -0.15) is 0 Å². The molecule has 1 aromatic carbocycles. The molecule has 2 rings (SSSR count). The molecule has 156 valence electrons. The van der Waals surface area contributed by atoms with Gasteiger partial charge in [-0.25, -0.2) is 0 Å². The smallest absolute Gasteiger partial charge is 0.132 e. The maximum absolute atomic E-state index is 10.8. The van der Waals surface area contributed by atoms with Gasteiger partial charge in [-0.3, -0.25) is 4.79 Å². The van der Waals surface area contributed by atoms with Gasteiger partial charge < -0.3 is 5.11 Å². The molecule has 0 spiro atoms. The van der Waals surface area contributed by atoms with Gasteiger partial charge in [0.2, 0.25) is 0 Å². The molecule has 1 aliphatic carbocycles. The van der Waals surface area contributed by atoms with Crippen LogP contribution in [-0.2, 0) is 11.2 Å². The Morgan fingerprint density at radius 2 is 1.59 bits per heavy atom. The monoisotopic (exact) mass is 376 g/mol. The number of aliphatic hydroxyl groups is 1. The molecule has 2 heteroatoms. The highest BCUT2D eigenvalue weighted by Crippen LogP contribution is 2.24. The highest BCUT2D eigenvalue weighted by molar-refractivity contribution is 5.78. The van der Waals surface area contributed by atoms with Crippen molar-refractivity contribution in [2.75, 3.05) is 0 Å². The molecular weight excluding hydrogens is 332 g/mol. The van der Waals surface area contributed by atoms with Crippen molar-refractivity contribution in [3.63, 3.8) is 0 Å². The minimum absolute atomic E-state index is 0.143. The molecule has 0 bridgehead atoms. The number of aliphatic hydroxyl groups excluding tert-OH is 1. The van der Waals surface area contributed by atoms with Crippen LogP contribution in [0.5, 0.6) is 0 Å². The van der Waals surface area contributed by atoms with Crippen LogP contribution >= 0.6 is 0 Å². The normalized spacial score (nSPS) is 18.2. The predicted molar refractivity (Wildman–Crippen MR) is 120 cm³/mol. The Labute approximate surface area is 169 Å². The second-order valence-electron chi connectivity index (χ2n) is 6.83. The van der Waals surface area contributed by atoms with E-state index in [1.54, 1.807) is 6.92 Å². The molecule has 1 saturated carbocycles. The van der Waals surface area contributed by atoms with Crippen molar-refractivity contribution in [1.82, 2.24) is 0 Å². The number of carbonyl (C=O) groups excluding carboxylic acids is 1. The number of allylic oxidation sites excluding steroid dienone is 2. The lowest BCUT2D eigenvalue weighted by Crippen LogP contribution is -2.22. The van der Waals surface area contributed by atoms with Crippen LogP contribution < -0.4 is 0 Å². The number of carbonyl (C=O) groups is 1. The summed E-state index contributed by atoms with van der Waals surface area (Å²) in [5.41, 5.74) is 2.80. The van der Waals surface area contributed by atoms with Gasteiger partial charge in [0, 0.05) is 5.92 Å². The first-order valence-corrected chi connectivity index (χ1v) is 10.8. The summed E-state index contributed by atoms with van der Waals surface area (Å²) in [6, 6.07) is 8.76. The summed E-state index contributed by atoms with van der Waals surface area (Å²) in [6.45, 7) is 14.1. The van der Waals surface area contributed by atoms with E-state index in [4.69, 9.17) is 5.11 Å². The number of aryl methyl sites for hydroxylation is 2. The summed E-state index contributed by atoms with van der Waals surface area (Å²) >= 11 is 0. The second kappa shape index (κ2) is 19.4. The van der Waals surface area contributed by atoms with E-state index in [1.165, 1.54) is 24.0 Å². The summed E-state index contributed by atoms with van der Waals surface area (Å²) in [7, 11) is 0. The van der Waals surface area contributed by atoms with Crippen LogP contribution in [-0.4, -0.2) is 17.0 Å². The standard InChI is InChI=1S/C10H14.C8H14O2.C5H10.C2H6/c1-3-4-10-7-5-9(2)6-8-10;1-6(9)7-2-4-8(10)5-3-7;1-3-5-4-2;1-2/h5-8H,3-4H2,1-2H3;7-8,10H,2-5H2,1H3;3,5H,4H2,1-2H3;1-2H3/b;;5-3-;. The lowest BCUT2D eigenvalue weighted by Gasteiger charge is -2.22. The Morgan fingerprint density at radius 3 is 1.93 bits per heavy atom. The van der Waals surface area contributed by atoms with Crippen LogP contribution in [0.2, 0.25) is 0 Å². The molecule has 0 aliphatic heterocycles. The molecule has 0 amide bonds. The quantitative estimate of drug-likeness (QED) is 0.570. The van der Waals surface area contributed by atoms with E-state index in [9.17, 15) is 4.79 Å². The Morgan fingerprint density at radius 1 is 1.07 bits per heavy atom. The number of hydrogen-bond acceptors (Lipinski definition) is 2. The topological polar surface area (TPSA) is 37.3 Å². The molecule has 0 saturated heterocycles. The molecule has 0 radical (unpaired) electrons. The summed E-state index contributed by atoms with van der Waals surface area (Å²) in [5, 5.41) is 9.10. The van der Waals surface area contributed by atoms with E-state index >= 15 is 0 Å². The van der Waals surface area contributed by atoms with E-state index in [1.807, 2.05) is 20.8 Å². The zero-order valence-electron chi connectivity index (χ0n) is 18.9. The van der Waals surface area contributed by atoms with E-state index in [-0.39, 0.29) is 17.8 Å². The van der Waals surface area contributed by atoms with Gasteiger partial charge in [0.25, 0.3) is 0 Å². The van der Waals surface area contributed by atoms with Gasteiger partial charge >= 0.3 is 0 Å². The molecule has 1 N–H and O–H groups in total. The maximum Gasteiger partial charge on any atom is 0.132 e. The molecule has 0 atom stereocenters. The minimum Gasteiger partial charge on any atom is -0.393 e. The first kappa shape index (κ1) is 27.8. The fourth-order valence-electron chi connectivity index (χ4n) is 2.76. The van der Waals surface area contributed by atoms with Crippen LogP contribution in [0.15, 0.2) is 36.4 Å². The van der Waals surface area contributed by atoms with Crippen LogP contribution in [0.3, 0.4) is 0 Å². The van der Waals surface area contributed by atoms with Crippen LogP contribution in [0.1, 0.15) is 91.2 Å². The van der Waals surface area contributed by atoms with Gasteiger partial charge in [-0.05, 0) is 64.9 Å². The first-order chi connectivity index (χ1) is 12.9. The van der Waals surface area contributed by atoms with Gasteiger partial charge in [0.1, 0.15) is 5.78 Å². The molecule has 1 fully saturated rings. The van der Waals surface area contributed by atoms with E-state index in [0.717, 1.165) is 32.1 Å². The Hall–Kier alpha value is -1.41. The molecule has 2 nitrogen and oxygen atoms in total. The number of rotatable bonds is 4. The van der Waals surface area contributed by atoms with E-state index in [2.05, 4.69) is 57.2 Å². The van der Waals surface area contributed by atoms with Crippen molar-refractivity contribution in [3.05, 3.63) is 47.5 Å². The molecule has 0 aromatic heterocycles. The lowest BCUT2D eigenvalue weighted by atomic mass is 9.85. The Kier molecular flexibility index (Phi) is 19.9. The van der Waals surface area contributed by atoms with Crippen molar-refractivity contribution >= 4 is 5.78 Å². The largest absolute Gasteiger partial charge is 0.393 e. The summed E-state index contributed by atoms with van der Waals surface area (Å²) in [6.07, 6.45) is 11.0. The van der Waals surface area contributed by atoms with E-state index < -0.39 is 0 Å². The maximum atomic E-state index is 10.8. The van der Waals surface area contributed by atoms with E-state index in [0.29, 0.717) is 0 Å². The van der Waals surface area contributed by atoms with Gasteiger partial charge in [-0.15, -0.1) is 0 Å². The number of benzene rings is 1. The lowest BCUT2D eigenvalue weighted by molar-refractivity contribution is -0.122. The molecule has 1 aliphatic rings. The van der Waals surface area contributed by atoms with Crippen LogP contribution in [0.25, 0.3) is 0 Å². The van der Waals surface area contributed by atoms with Crippen molar-refractivity contribution < 1.29 is 9.90 Å². The third-order valence-corrected chi connectivity index (χ3v) is 4.40. The highest BCUT2D eigenvalue weighted by atomic mass is 16.3. The second-order valence-corrected chi connectivity index (χ2v) is 6.83. The Bertz CT molecular complexity index is 466. The van der Waals surface area contributed by atoms with Crippen LogP contribution in [0.4, 0.5) is 0 Å². The van der Waals surface area contributed by atoms with Gasteiger partial charge in [-0.1, -0.05) is 76.1 Å². The summed E-state index contributed by atoms with van der Waals surface area (Å²) < 4.78 is 0. The molecule has 1 aromatic rings. The number of Topliss-reactive ketones (excluding diaryl/α,β-unsaturated/α-hetero) is 1. The highest BCUT2D eigenvalue weighted by Gasteiger charge is 2.21. The third-order valence-electron chi connectivity index (χ3n) is 4.40. The van der Waals surface area contributed by atoms with Crippen molar-refractivity contribution in [2.45, 2.75) is 99.5 Å². The van der Waals surface area contributed by atoms with Crippen molar-refractivity contribution in [2.24, 2.45) is 5.92 Å². The predicted octanol–water partition coefficient (Wildman–Crippen LogP) is 7.07. The number of ketones is 1. The average molecular weight is 377 g/mol. The van der Waals surface area contributed by atoms with Gasteiger partial charge in [0.05, 0.1) is 6.10 Å². The zero-order chi connectivity index (χ0) is 21.1. The zero-order valence-corrected chi connectivity index (χ0v) is 18.9. The Balaban J connectivity index is 0. The molecular formula is C25H44O2. The van der Waals surface area contributed by atoms with Crippen molar-refractivity contribution in [3.8, 4) is 0 Å². The fraction of sp³-hybridized carbons (Fsp3) is 0.640. The number of hydrogen-bond donors (Lipinski definition) is 1. The average Bonchev–Trinajstić information content (AvgIpc) is 2.67. The molecule has 27 heavy (non-hydrogen) atoms. The van der Waals surface area contributed by atoms with Gasteiger partial charge in [0.15, 0.2) is 0 Å².